The fourth-order valence-corrected chi connectivity index (χ4v) is 0.614. The highest BCUT2D eigenvalue weighted by atomic mass is 17.2. The molecular formula is C6H11O3. The molecule has 0 aromatic carbocycles. The largest absolute Gasteiger partial charge is 0.359 e. The fraction of sp³-hybridized carbons (Fsp3) is 0.833. The summed E-state index contributed by atoms with van der Waals surface area (Å²) in [5, 5.41) is 9.01. The molecule has 3 heteroatoms. The average Bonchev–Trinajstić information content (AvgIpc) is 1.77. The first-order chi connectivity index (χ1) is 4.13. The van der Waals surface area contributed by atoms with Crippen molar-refractivity contribution < 1.29 is 14.9 Å². The Morgan fingerprint density at radius 3 is 2.56 bits per heavy atom. The van der Waals surface area contributed by atoms with E-state index in [-0.39, 0.29) is 11.7 Å². The van der Waals surface area contributed by atoms with E-state index < -0.39 is 0 Å². The second-order valence-corrected chi connectivity index (χ2v) is 2.84. The van der Waals surface area contributed by atoms with Crippen LogP contribution in [-0.4, -0.2) is 11.7 Å². The van der Waals surface area contributed by atoms with E-state index >= 15 is 0 Å². The van der Waals surface area contributed by atoms with Gasteiger partial charge in [-0.25, -0.2) is 4.89 Å². The SMILES string of the molecule is CC1(C)CCOO[C]1O. The summed E-state index contributed by atoms with van der Waals surface area (Å²) in [6.45, 7) is 4.37. The van der Waals surface area contributed by atoms with E-state index in [1.165, 1.54) is 0 Å². The molecule has 1 heterocycles. The minimum atomic E-state index is -0.238. The summed E-state index contributed by atoms with van der Waals surface area (Å²) < 4.78 is 0. The number of hydrogen-bond donors (Lipinski definition) is 1. The molecule has 53 valence electrons. The van der Waals surface area contributed by atoms with Gasteiger partial charge in [0, 0.05) is 5.41 Å². The van der Waals surface area contributed by atoms with Gasteiger partial charge in [0.15, 0.2) is 0 Å². The molecule has 1 fully saturated rings. The molecule has 1 aliphatic heterocycles. The monoisotopic (exact) mass is 131 g/mol. The van der Waals surface area contributed by atoms with Gasteiger partial charge in [0.25, 0.3) is 6.29 Å². The van der Waals surface area contributed by atoms with Crippen LogP contribution in [0.1, 0.15) is 20.3 Å². The van der Waals surface area contributed by atoms with Gasteiger partial charge in [-0.15, -0.1) is 0 Å². The molecule has 0 spiro atoms. The normalized spacial score (nSPS) is 28.3. The molecule has 9 heavy (non-hydrogen) atoms. The van der Waals surface area contributed by atoms with Crippen LogP contribution in [0.25, 0.3) is 0 Å². The van der Waals surface area contributed by atoms with Crippen LogP contribution < -0.4 is 0 Å². The quantitative estimate of drug-likeness (QED) is 0.502. The second kappa shape index (κ2) is 2.25. The number of aliphatic hydroxyl groups is 1. The van der Waals surface area contributed by atoms with E-state index in [1.54, 1.807) is 0 Å². The third-order valence-electron chi connectivity index (χ3n) is 1.53. The van der Waals surface area contributed by atoms with Crippen molar-refractivity contribution in [1.82, 2.24) is 0 Å². The zero-order valence-corrected chi connectivity index (χ0v) is 5.68. The molecule has 0 aliphatic carbocycles. The molecule has 0 amide bonds. The smallest absolute Gasteiger partial charge is 0.262 e. The Hall–Kier alpha value is -0.120. The maximum absolute atomic E-state index is 9.01. The molecule has 0 bridgehead atoms. The summed E-state index contributed by atoms with van der Waals surface area (Å²) in [5.41, 5.74) is -0.238. The zero-order valence-electron chi connectivity index (χ0n) is 5.68. The first kappa shape index (κ1) is 6.99. The Kier molecular flexibility index (Phi) is 1.75. The number of rotatable bonds is 0. The van der Waals surface area contributed by atoms with Crippen molar-refractivity contribution in [2.75, 3.05) is 6.61 Å². The van der Waals surface area contributed by atoms with Gasteiger partial charge in [0.1, 0.15) is 0 Å². The lowest BCUT2D eigenvalue weighted by molar-refractivity contribution is -0.364. The molecule has 1 aliphatic rings. The summed E-state index contributed by atoms with van der Waals surface area (Å²) in [5.74, 6) is 0. The summed E-state index contributed by atoms with van der Waals surface area (Å²) in [7, 11) is 0. The van der Waals surface area contributed by atoms with E-state index in [2.05, 4.69) is 9.78 Å². The molecule has 0 atom stereocenters. The van der Waals surface area contributed by atoms with Crippen LogP contribution >= 0.6 is 0 Å². The van der Waals surface area contributed by atoms with Crippen LogP contribution in [-0.2, 0) is 9.78 Å². The van der Waals surface area contributed by atoms with Gasteiger partial charge in [-0.3, -0.25) is 0 Å². The van der Waals surface area contributed by atoms with Crippen molar-refractivity contribution in [3.8, 4) is 0 Å². The third kappa shape index (κ3) is 1.41. The molecule has 0 aromatic rings. The predicted molar refractivity (Wildman–Crippen MR) is 30.6 cm³/mol. The molecule has 3 nitrogen and oxygen atoms in total. The lowest BCUT2D eigenvalue weighted by atomic mass is 9.89. The molecule has 0 unspecified atom stereocenters. The highest BCUT2D eigenvalue weighted by Gasteiger charge is 2.34. The van der Waals surface area contributed by atoms with Gasteiger partial charge >= 0.3 is 0 Å². The number of hydrogen-bond acceptors (Lipinski definition) is 3. The van der Waals surface area contributed by atoms with Gasteiger partial charge in [0.05, 0.1) is 6.61 Å². The van der Waals surface area contributed by atoms with Crippen molar-refractivity contribution in [1.29, 1.82) is 0 Å². The average molecular weight is 131 g/mol. The maximum atomic E-state index is 9.01. The fourth-order valence-electron chi connectivity index (χ4n) is 0.614. The summed E-state index contributed by atoms with van der Waals surface area (Å²) in [4.78, 5) is 9.00. The van der Waals surface area contributed by atoms with Gasteiger partial charge in [-0.2, -0.15) is 4.89 Å². The van der Waals surface area contributed by atoms with Gasteiger partial charge in [0.2, 0.25) is 0 Å². The van der Waals surface area contributed by atoms with E-state index in [0.29, 0.717) is 6.61 Å². The molecule has 0 saturated carbocycles. The van der Waals surface area contributed by atoms with Gasteiger partial charge in [-0.1, -0.05) is 13.8 Å². The summed E-state index contributed by atoms with van der Waals surface area (Å²) in [6, 6.07) is 0. The van der Waals surface area contributed by atoms with E-state index in [9.17, 15) is 0 Å². The van der Waals surface area contributed by atoms with Crippen LogP contribution in [0.2, 0.25) is 0 Å². The van der Waals surface area contributed by atoms with Crippen LogP contribution in [0.15, 0.2) is 0 Å². The lowest BCUT2D eigenvalue weighted by Crippen LogP contribution is -2.30. The Bertz CT molecular complexity index is 100. The van der Waals surface area contributed by atoms with Crippen LogP contribution in [0.3, 0.4) is 0 Å². The van der Waals surface area contributed by atoms with Gasteiger partial charge < -0.3 is 5.11 Å². The summed E-state index contributed by atoms with van der Waals surface area (Å²) >= 11 is 0. The first-order valence-corrected chi connectivity index (χ1v) is 2.99. The molecule has 1 radical (unpaired) electrons. The lowest BCUT2D eigenvalue weighted by Gasteiger charge is -2.31. The Balaban J connectivity index is 2.49. The van der Waals surface area contributed by atoms with Crippen molar-refractivity contribution in [3.63, 3.8) is 0 Å². The standard InChI is InChI=1S/C6H11O3/c1-6(2)3-4-8-9-5(6)7/h7H,3-4H2,1-2H3. The summed E-state index contributed by atoms with van der Waals surface area (Å²) in [6.07, 6.45) is 0.785. The van der Waals surface area contributed by atoms with Crippen LogP contribution in [0.4, 0.5) is 0 Å². The van der Waals surface area contributed by atoms with Crippen molar-refractivity contribution >= 4 is 0 Å². The third-order valence-corrected chi connectivity index (χ3v) is 1.53. The minimum Gasteiger partial charge on any atom is -0.359 e. The Morgan fingerprint density at radius 2 is 2.22 bits per heavy atom. The van der Waals surface area contributed by atoms with Crippen molar-refractivity contribution in [2.24, 2.45) is 5.41 Å². The molecule has 0 aromatic heterocycles. The van der Waals surface area contributed by atoms with Crippen molar-refractivity contribution in [2.45, 2.75) is 20.3 Å². The van der Waals surface area contributed by atoms with Crippen LogP contribution in [0.5, 0.6) is 0 Å². The molecular weight excluding hydrogens is 120 g/mol. The highest BCUT2D eigenvalue weighted by Crippen LogP contribution is 2.34. The van der Waals surface area contributed by atoms with E-state index in [0.717, 1.165) is 6.42 Å². The Morgan fingerprint density at radius 1 is 1.56 bits per heavy atom. The van der Waals surface area contributed by atoms with Crippen LogP contribution in [0, 0.1) is 11.7 Å². The predicted octanol–water partition coefficient (Wildman–Crippen LogP) is 1.23. The first-order valence-electron chi connectivity index (χ1n) is 2.99. The zero-order chi connectivity index (χ0) is 6.91. The second-order valence-electron chi connectivity index (χ2n) is 2.84. The topological polar surface area (TPSA) is 38.7 Å². The highest BCUT2D eigenvalue weighted by molar-refractivity contribution is 4.84. The molecule has 1 saturated heterocycles. The number of aliphatic hydroxyl groups excluding tert-OH is 1. The van der Waals surface area contributed by atoms with Crippen molar-refractivity contribution in [3.05, 3.63) is 6.29 Å². The Labute approximate surface area is 54.5 Å². The minimum absolute atomic E-state index is 0.0197. The van der Waals surface area contributed by atoms with E-state index in [4.69, 9.17) is 5.11 Å². The molecule has 1 rings (SSSR count). The maximum Gasteiger partial charge on any atom is 0.262 e. The van der Waals surface area contributed by atoms with E-state index in [1.807, 2.05) is 13.8 Å². The molecule has 1 N–H and O–H groups in total. The van der Waals surface area contributed by atoms with Gasteiger partial charge in [-0.05, 0) is 6.42 Å².